The van der Waals surface area contributed by atoms with E-state index < -0.39 is 30.6 Å². The molecule has 120 valence electrons. The van der Waals surface area contributed by atoms with Crippen LogP contribution in [-0.4, -0.2) is 24.5 Å². The van der Waals surface area contributed by atoms with Crippen LogP contribution in [0.3, 0.4) is 0 Å². The third-order valence-electron chi connectivity index (χ3n) is 2.73. The van der Waals surface area contributed by atoms with E-state index in [4.69, 9.17) is 5.73 Å². The summed E-state index contributed by atoms with van der Waals surface area (Å²) in [6.45, 7) is 2.95. The smallest absolute Gasteiger partial charge is 0.351 e. The van der Waals surface area contributed by atoms with Gasteiger partial charge in [-0.3, -0.25) is 0 Å². The van der Waals surface area contributed by atoms with Crippen LogP contribution in [0.1, 0.15) is 24.2 Å². The van der Waals surface area contributed by atoms with Crippen LogP contribution in [0, 0.1) is 6.92 Å². The van der Waals surface area contributed by atoms with Crippen LogP contribution in [0.2, 0.25) is 0 Å². The zero-order valence-electron chi connectivity index (χ0n) is 11.3. The van der Waals surface area contributed by atoms with E-state index in [0.29, 0.717) is 5.56 Å². The van der Waals surface area contributed by atoms with Gasteiger partial charge in [-0.2, -0.15) is 26.3 Å². The molecule has 0 saturated carbocycles. The Balaban J connectivity index is 3.12. The van der Waals surface area contributed by atoms with Crippen molar-refractivity contribution in [3.8, 4) is 0 Å². The van der Waals surface area contributed by atoms with E-state index in [1.54, 1.807) is 13.0 Å². The Morgan fingerprint density at radius 1 is 1.05 bits per heavy atom. The van der Waals surface area contributed by atoms with E-state index in [1.165, 1.54) is 25.1 Å². The molecule has 0 aliphatic carbocycles. The molecular weight excluding hydrogens is 300 g/mol. The van der Waals surface area contributed by atoms with Gasteiger partial charge in [-0.25, -0.2) is 0 Å². The average molecular weight is 315 g/mol. The summed E-state index contributed by atoms with van der Waals surface area (Å²) >= 11 is 0. The summed E-state index contributed by atoms with van der Waals surface area (Å²) in [4.78, 5) is 0. The minimum Gasteiger partial charge on any atom is -0.351 e. The standard InChI is InChI=1S/C13H15F6NO/c1-7-4-3-5-9(6-7)10(8(2)20)21-11(12(14,15)16)13(17,18)19/h3-6,8,10-11H,20H2,1-2H3. The van der Waals surface area contributed by atoms with E-state index in [1.807, 2.05) is 0 Å². The first-order chi connectivity index (χ1) is 9.43. The first kappa shape index (κ1) is 17.8. The average Bonchev–Trinajstić information content (AvgIpc) is 2.25. The van der Waals surface area contributed by atoms with Crippen LogP contribution in [0.25, 0.3) is 0 Å². The van der Waals surface area contributed by atoms with Crippen molar-refractivity contribution in [3.05, 3.63) is 35.4 Å². The van der Waals surface area contributed by atoms with Gasteiger partial charge in [0.05, 0.1) is 6.10 Å². The lowest BCUT2D eigenvalue weighted by Gasteiger charge is -2.30. The molecule has 0 bridgehead atoms. The third-order valence-corrected chi connectivity index (χ3v) is 2.73. The highest BCUT2D eigenvalue weighted by Crippen LogP contribution is 2.39. The molecule has 2 unspecified atom stereocenters. The number of halogens is 6. The maximum atomic E-state index is 12.5. The number of ether oxygens (including phenoxy) is 1. The zero-order valence-corrected chi connectivity index (χ0v) is 11.3. The van der Waals surface area contributed by atoms with Crippen molar-refractivity contribution in [2.45, 2.75) is 44.4 Å². The van der Waals surface area contributed by atoms with Crippen molar-refractivity contribution in [1.82, 2.24) is 0 Å². The Morgan fingerprint density at radius 2 is 1.57 bits per heavy atom. The van der Waals surface area contributed by atoms with Crippen LogP contribution < -0.4 is 5.73 Å². The summed E-state index contributed by atoms with van der Waals surface area (Å²) in [5, 5.41) is 0. The van der Waals surface area contributed by atoms with Gasteiger partial charge in [0.15, 0.2) is 0 Å². The molecule has 21 heavy (non-hydrogen) atoms. The van der Waals surface area contributed by atoms with E-state index >= 15 is 0 Å². The number of nitrogens with two attached hydrogens (primary N) is 1. The molecule has 1 aromatic rings. The van der Waals surface area contributed by atoms with Crippen LogP contribution >= 0.6 is 0 Å². The molecule has 0 amide bonds. The largest absolute Gasteiger partial charge is 0.423 e. The fourth-order valence-electron chi connectivity index (χ4n) is 1.84. The molecular formula is C13H15F6NO. The van der Waals surface area contributed by atoms with Gasteiger partial charge in [0.1, 0.15) is 0 Å². The molecule has 2 atom stereocenters. The van der Waals surface area contributed by atoms with Gasteiger partial charge < -0.3 is 10.5 Å². The Kier molecular flexibility index (Phi) is 5.27. The predicted molar refractivity (Wildman–Crippen MR) is 64.6 cm³/mol. The quantitative estimate of drug-likeness (QED) is 0.856. The molecule has 2 N–H and O–H groups in total. The Hall–Kier alpha value is -1.28. The van der Waals surface area contributed by atoms with Crippen LogP contribution in [-0.2, 0) is 4.74 Å². The number of alkyl halides is 6. The summed E-state index contributed by atoms with van der Waals surface area (Å²) in [6, 6.07) is 4.95. The summed E-state index contributed by atoms with van der Waals surface area (Å²) < 4.78 is 79.6. The number of rotatable bonds is 4. The van der Waals surface area contributed by atoms with Crippen molar-refractivity contribution in [2.75, 3.05) is 0 Å². The second-order valence-corrected chi connectivity index (χ2v) is 4.79. The van der Waals surface area contributed by atoms with Crippen molar-refractivity contribution in [2.24, 2.45) is 5.73 Å². The first-order valence-electron chi connectivity index (χ1n) is 6.04. The summed E-state index contributed by atoms with van der Waals surface area (Å²) in [5.74, 6) is 0. The predicted octanol–water partition coefficient (Wildman–Crippen LogP) is 3.89. The lowest BCUT2D eigenvalue weighted by molar-refractivity contribution is -0.333. The normalized spacial score (nSPS) is 16.1. The monoisotopic (exact) mass is 315 g/mol. The molecule has 0 aliphatic rings. The van der Waals surface area contributed by atoms with Crippen molar-refractivity contribution in [1.29, 1.82) is 0 Å². The van der Waals surface area contributed by atoms with Crippen molar-refractivity contribution >= 4 is 0 Å². The lowest BCUT2D eigenvalue weighted by atomic mass is 10.0. The van der Waals surface area contributed by atoms with Crippen LogP contribution in [0.4, 0.5) is 26.3 Å². The van der Waals surface area contributed by atoms with E-state index in [9.17, 15) is 26.3 Å². The second kappa shape index (κ2) is 6.23. The van der Waals surface area contributed by atoms with Gasteiger partial charge in [-0.05, 0) is 19.4 Å². The molecule has 8 heteroatoms. The minimum atomic E-state index is -5.56. The highest BCUT2D eigenvalue weighted by molar-refractivity contribution is 5.25. The van der Waals surface area contributed by atoms with Gasteiger partial charge in [0.25, 0.3) is 0 Å². The SMILES string of the molecule is Cc1cccc(C(OC(C(F)(F)F)C(F)(F)F)C(C)N)c1. The van der Waals surface area contributed by atoms with Gasteiger partial charge in [-0.15, -0.1) is 0 Å². The molecule has 0 radical (unpaired) electrons. The van der Waals surface area contributed by atoms with E-state index in [-0.39, 0.29) is 5.56 Å². The maximum absolute atomic E-state index is 12.5. The van der Waals surface area contributed by atoms with Crippen LogP contribution in [0.15, 0.2) is 24.3 Å². The molecule has 0 spiro atoms. The highest BCUT2D eigenvalue weighted by atomic mass is 19.4. The number of benzene rings is 1. The van der Waals surface area contributed by atoms with Gasteiger partial charge >= 0.3 is 12.4 Å². The molecule has 1 rings (SSSR count). The molecule has 1 aromatic carbocycles. The lowest BCUT2D eigenvalue weighted by Crippen LogP contribution is -2.47. The Morgan fingerprint density at radius 3 is 1.95 bits per heavy atom. The fraction of sp³-hybridized carbons (Fsp3) is 0.538. The maximum Gasteiger partial charge on any atom is 0.423 e. The first-order valence-corrected chi connectivity index (χ1v) is 6.04. The van der Waals surface area contributed by atoms with Gasteiger partial charge in [0, 0.05) is 6.04 Å². The summed E-state index contributed by atoms with van der Waals surface area (Å²) in [7, 11) is 0. The minimum absolute atomic E-state index is 0.170. The topological polar surface area (TPSA) is 35.2 Å². The zero-order chi connectivity index (χ0) is 16.4. The van der Waals surface area contributed by atoms with Gasteiger partial charge in [0.2, 0.25) is 6.10 Å². The van der Waals surface area contributed by atoms with Crippen LogP contribution in [0.5, 0.6) is 0 Å². The fourth-order valence-corrected chi connectivity index (χ4v) is 1.84. The van der Waals surface area contributed by atoms with Crippen molar-refractivity contribution < 1.29 is 31.1 Å². The van der Waals surface area contributed by atoms with E-state index in [2.05, 4.69) is 4.74 Å². The molecule has 2 nitrogen and oxygen atoms in total. The summed E-state index contributed by atoms with van der Waals surface area (Å²) in [5.41, 5.74) is 6.34. The number of aryl methyl sites for hydroxylation is 1. The van der Waals surface area contributed by atoms with E-state index in [0.717, 1.165) is 0 Å². The number of hydrogen-bond acceptors (Lipinski definition) is 2. The molecule has 0 aliphatic heterocycles. The molecule has 0 aromatic heterocycles. The molecule has 0 saturated heterocycles. The Bertz CT molecular complexity index is 454. The highest BCUT2D eigenvalue weighted by Gasteiger charge is 2.59. The second-order valence-electron chi connectivity index (χ2n) is 4.79. The van der Waals surface area contributed by atoms with Gasteiger partial charge in [-0.1, -0.05) is 29.8 Å². The number of hydrogen-bond donors (Lipinski definition) is 1. The third kappa shape index (κ3) is 4.89. The molecule has 0 heterocycles. The Labute approximate surface area is 117 Å². The van der Waals surface area contributed by atoms with Crippen molar-refractivity contribution in [3.63, 3.8) is 0 Å². The summed E-state index contributed by atoms with van der Waals surface area (Å²) in [6.07, 6.45) is -16.5. The molecule has 0 fully saturated rings.